The maximum Gasteiger partial charge on any atom is 0.341 e. The van der Waals surface area contributed by atoms with Crippen molar-refractivity contribution >= 4 is 27.1 Å². The molecule has 1 amide bonds. The number of halogens is 2. The lowest BCUT2D eigenvalue weighted by Gasteiger charge is -2.36. The van der Waals surface area contributed by atoms with Crippen LogP contribution in [-0.2, 0) is 9.84 Å². The zero-order valence-electron chi connectivity index (χ0n) is 15.1. The fourth-order valence-corrected chi connectivity index (χ4v) is 4.06. The zero-order valence-corrected chi connectivity index (χ0v) is 15.9. The Labute approximate surface area is 165 Å². The van der Waals surface area contributed by atoms with Crippen LogP contribution in [0.2, 0.25) is 0 Å². The van der Waals surface area contributed by atoms with E-state index in [0.29, 0.717) is 5.56 Å². The molecule has 0 N–H and O–H groups in total. The number of hydrogen-bond acceptors (Lipinski definition) is 6. The molecule has 1 aliphatic rings. The van der Waals surface area contributed by atoms with Crippen molar-refractivity contribution in [3.8, 4) is 0 Å². The quantitative estimate of drug-likeness (QED) is 0.539. The Bertz CT molecular complexity index is 1020. The number of carbonyl (C=O) groups is 1. The molecule has 0 spiro atoms. The van der Waals surface area contributed by atoms with Gasteiger partial charge in [0.05, 0.1) is 15.5 Å². The molecule has 2 aromatic rings. The predicted octanol–water partition coefficient (Wildman–Crippen LogP) is 2.55. The molecule has 1 aliphatic heterocycles. The van der Waals surface area contributed by atoms with Gasteiger partial charge in [-0.2, -0.15) is 8.78 Å². The number of non-ortho nitro benzene ring substituents is 1. The fraction of sp³-hybridized carbons (Fsp3) is 0.278. The van der Waals surface area contributed by atoms with Gasteiger partial charge in [-0.15, -0.1) is 0 Å². The lowest BCUT2D eigenvalue weighted by atomic mass is 10.1. The summed E-state index contributed by atoms with van der Waals surface area (Å²) in [6.45, 7) is 1.01. The number of carbonyl (C=O) groups excluding carboxylic acids is 1. The highest BCUT2D eigenvalue weighted by Crippen LogP contribution is 2.30. The lowest BCUT2D eigenvalue weighted by molar-refractivity contribution is -0.384. The Hall–Kier alpha value is -3.08. The molecule has 29 heavy (non-hydrogen) atoms. The molecular weight excluding hydrogens is 408 g/mol. The van der Waals surface area contributed by atoms with Crippen LogP contribution in [0.1, 0.15) is 10.4 Å². The second-order valence-electron chi connectivity index (χ2n) is 6.36. The smallest absolute Gasteiger partial charge is 0.341 e. The second kappa shape index (κ2) is 8.11. The molecule has 0 aromatic heterocycles. The summed E-state index contributed by atoms with van der Waals surface area (Å²) in [6, 6.07) is 10.8. The lowest BCUT2D eigenvalue weighted by Crippen LogP contribution is -2.49. The van der Waals surface area contributed by atoms with E-state index in [-0.39, 0.29) is 43.5 Å². The minimum Gasteiger partial charge on any atom is -0.367 e. The first-order chi connectivity index (χ1) is 13.7. The third kappa shape index (κ3) is 4.19. The molecule has 154 valence electrons. The molecule has 0 unspecified atom stereocenters. The maximum absolute atomic E-state index is 13.0. The van der Waals surface area contributed by atoms with E-state index in [1.54, 1.807) is 11.0 Å². The summed E-state index contributed by atoms with van der Waals surface area (Å²) in [5.41, 5.74) is 0.350. The molecule has 8 nitrogen and oxygen atoms in total. The third-order valence-electron chi connectivity index (χ3n) is 4.64. The molecule has 1 saturated heterocycles. The van der Waals surface area contributed by atoms with E-state index in [0.717, 1.165) is 6.07 Å². The first-order valence-electron chi connectivity index (χ1n) is 8.61. The summed E-state index contributed by atoms with van der Waals surface area (Å²) in [5.74, 6) is -3.83. The van der Waals surface area contributed by atoms with Gasteiger partial charge in [-0.1, -0.05) is 12.1 Å². The highest BCUT2D eigenvalue weighted by molar-refractivity contribution is 7.91. The molecule has 11 heteroatoms. The number of nitro groups is 1. The Morgan fingerprint density at radius 3 is 2.14 bits per heavy atom. The minimum atomic E-state index is -4.75. The second-order valence-corrected chi connectivity index (χ2v) is 8.24. The van der Waals surface area contributed by atoms with Gasteiger partial charge in [-0.25, -0.2) is 8.42 Å². The average Bonchev–Trinajstić information content (AvgIpc) is 2.73. The topological polar surface area (TPSA) is 101 Å². The van der Waals surface area contributed by atoms with Crippen LogP contribution in [0.25, 0.3) is 0 Å². The van der Waals surface area contributed by atoms with Gasteiger partial charge in [0.15, 0.2) is 0 Å². The van der Waals surface area contributed by atoms with Crippen LogP contribution >= 0.6 is 0 Å². The van der Waals surface area contributed by atoms with Gasteiger partial charge in [0, 0.05) is 43.9 Å². The van der Waals surface area contributed by atoms with Crippen LogP contribution in [0.15, 0.2) is 53.4 Å². The number of benzene rings is 2. The Morgan fingerprint density at radius 1 is 1.00 bits per heavy atom. The van der Waals surface area contributed by atoms with Crippen LogP contribution in [0.5, 0.6) is 0 Å². The summed E-state index contributed by atoms with van der Waals surface area (Å²) in [5, 5.41) is 10.7. The van der Waals surface area contributed by atoms with Gasteiger partial charge in [-0.05, 0) is 24.3 Å². The number of nitro benzene ring substituents is 1. The molecule has 1 heterocycles. The summed E-state index contributed by atoms with van der Waals surface area (Å²) in [4.78, 5) is 25.5. The first-order valence-corrected chi connectivity index (χ1v) is 10.2. The van der Waals surface area contributed by atoms with E-state index >= 15 is 0 Å². The van der Waals surface area contributed by atoms with Gasteiger partial charge in [-0.3, -0.25) is 14.9 Å². The van der Waals surface area contributed by atoms with Gasteiger partial charge in [0.1, 0.15) is 0 Å². The third-order valence-corrected chi connectivity index (χ3v) is 6.07. The van der Waals surface area contributed by atoms with Crippen LogP contribution in [0, 0.1) is 10.1 Å². The molecule has 0 aliphatic carbocycles. The van der Waals surface area contributed by atoms with Gasteiger partial charge < -0.3 is 9.80 Å². The molecule has 2 aromatic carbocycles. The molecule has 0 saturated carbocycles. The highest BCUT2D eigenvalue weighted by atomic mass is 32.2. The highest BCUT2D eigenvalue weighted by Gasteiger charge is 2.32. The van der Waals surface area contributed by atoms with Gasteiger partial charge >= 0.3 is 5.76 Å². The molecule has 3 rings (SSSR count). The monoisotopic (exact) mass is 425 g/mol. The SMILES string of the molecule is O=C(c1ccc([N+](=O)[O-])cc1)N1CCN(c2ccccc2S(=O)(=O)C(F)F)CC1. The number of hydrogen-bond donors (Lipinski definition) is 0. The largest absolute Gasteiger partial charge is 0.367 e. The van der Waals surface area contributed by atoms with Crippen molar-refractivity contribution in [2.45, 2.75) is 10.7 Å². The van der Waals surface area contributed by atoms with Crippen molar-refractivity contribution in [2.24, 2.45) is 0 Å². The van der Waals surface area contributed by atoms with Gasteiger partial charge in [0.25, 0.3) is 11.6 Å². The van der Waals surface area contributed by atoms with Crippen molar-refractivity contribution in [1.82, 2.24) is 4.90 Å². The summed E-state index contributed by atoms with van der Waals surface area (Å²) < 4.78 is 49.8. The molecule has 0 radical (unpaired) electrons. The number of alkyl halides is 2. The number of para-hydroxylation sites is 1. The first kappa shape index (κ1) is 20.6. The van der Waals surface area contributed by atoms with Gasteiger partial charge in [0.2, 0.25) is 9.84 Å². The van der Waals surface area contributed by atoms with Crippen molar-refractivity contribution in [1.29, 1.82) is 0 Å². The Balaban J connectivity index is 1.73. The number of anilines is 1. The van der Waals surface area contributed by atoms with Crippen molar-refractivity contribution in [2.75, 3.05) is 31.1 Å². The number of piperazine rings is 1. The number of amides is 1. The Kier molecular flexibility index (Phi) is 5.78. The zero-order chi connectivity index (χ0) is 21.2. The van der Waals surface area contributed by atoms with E-state index in [1.807, 2.05) is 0 Å². The normalized spacial score (nSPS) is 14.9. The van der Waals surface area contributed by atoms with E-state index < -0.39 is 25.4 Å². The summed E-state index contributed by atoms with van der Waals surface area (Å²) >= 11 is 0. The number of sulfone groups is 1. The van der Waals surface area contributed by atoms with E-state index in [2.05, 4.69) is 0 Å². The predicted molar refractivity (Wildman–Crippen MR) is 101 cm³/mol. The molecule has 0 bridgehead atoms. The minimum absolute atomic E-state index is 0.122. The number of nitrogens with zero attached hydrogens (tertiary/aromatic N) is 3. The molecule has 1 fully saturated rings. The van der Waals surface area contributed by atoms with Crippen LogP contribution < -0.4 is 4.90 Å². The van der Waals surface area contributed by atoms with E-state index in [1.165, 1.54) is 41.3 Å². The maximum atomic E-state index is 13.0. The van der Waals surface area contributed by atoms with E-state index in [9.17, 15) is 32.1 Å². The van der Waals surface area contributed by atoms with Crippen LogP contribution in [0.4, 0.5) is 20.2 Å². The molecular formula is C18H17F2N3O5S. The standard InChI is InChI=1S/C18H17F2N3O5S/c19-18(20)29(27,28)16-4-2-1-3-15(16)21-9-11-22(12-10-21)17(24)13-5-7-14(8-6-13)23(25)26/h1-8,18H,9-12H2. The van der Waals surface area contributed by atoms with Crippen LogP contribution in [-0.4, -0.2) is 56.1 Å². The van der Waals surface area contributed by atoms with Crippen molar-refractivity contribution in [3.63, 3.8) is 0 Å². The van der Waals surface area contributed by atoms with Crippen LogP contribution in [0.3, 0.4) is 0 Å². The summed E-state index contributed by atoms with van der Waals surface area (Å²) in [6.07, 6.45) is 0. The Morgan fingerprint density at radius 2 is 1.59 bits per heavy atom. The van der Waals surface area contributed by atoms with E-state index in [4.69, 9.17) is 0 Å². The average molecular weight is 425 g/mol. The fourth-order valence-electron chi connectivity index (χ4n) is 3.11. The molecule has 0 atom stereocenters. The van der Waals surface area contributed by atoms with Crippen molar-refractivity contribution < 1.29 is 26.9 Å². The summed E-state index contributed by atoms with van der Waals surface area (Å²) in [7, 11) is -4.75. The van der Waals surface area contributed by atoms with Crippen molar-refractivity contribution in [3.05, 3.63) is 64.2 Å². The number of rotatable bonds is 5.